The minimum absolute atomic E-state index is 0.223. The van der Waals surface area contributed by atoms with Crippen molar-refractivity contribution in [2.24, 2.45) is 0 Å². The molecule has 5 heteroatoms. The molecule has 2 aromatic rings. The fraction of sp³-hybridized carbons (Fsp3) is 0.533. The van der Waals surface area contributed by atoms with Crippen molar-refractivity contribution in [1.82, 2.24) is 9.55 Å². The summed E-state index contributed by atoms with van der Waals surface area (Å²) in [6.07, 6.45) is 3.19. The Morgan fingerprint density at radius 1 is 1.50 bits per heavy atom. The Labute approximate surface area is 128 Å². The average molecular weight is 313 g/mol. The summed E-state index contributed by atoms with van der Waals surface area (Å²) in [5.74, 6) is 1.55. The fourth-order valence-corrected chi connectivity index (χ4v) is 3.43. The molecule has 1 fully saturated rings. The minimum Gasteiger partial charge on any atom is -0.376 e. The number of hydrogen-bond acceptors (Lipinski definition) is 2. The third kappa shape index (κ3) is 2.43. The molecule has 0 aliphatic carbocycles. The lowest BCUT2D eigenvalue weighted by atomic mass is 10.1. The Bertz CT molecular complexity index is 605. The Morgan fingerprint density at radius 3 is 3.05 bits per heavy atom. The second-order valence-electron chi connectivity index (χ2n) is 5.24. The van der Waals surface area contributed by atoms with E-state index in [9.17, 15) is 0 Å². The number of nitrogens with zero attached hydrogens (tertiary/aromatic N) is 2. The maximum atomic E-state index is 6.39. The number of halogens is 2. The van der Waals surface area contributed by atoms with Gasteiger partial charge in [-0.3, -0.25) is 0 Å². The highest BCUT2D eigenvalue weighted by Gasteiger charge is 2.27. The molecule has 0 spiro atoms. The molecular weight excluding hydrogens is 295 g/mol. The van der Waals surface area contributed by atoms with Crippen molar-refractivity contribution < 1.29 is 4.74 Å². The van der Waals surface area contributed by atoms with Gasteiger partial charge in [0.1, 0.15) is 5.82 Å². The van der Waals surface area contributed by atoms with E-state index in [-0.39, 0.29) is 12.1 Å². The van der Waals surface area contributed by atoms with Gasteiger partial charge in [0, 0.05) is 18.9 Å². The Morgan fingerprint density at radius 2 is 2.35 bits per heavy atom. The van der Waals surface area contributed by atoms with Gasteiger partial charge in [-0.2, -0.15) is 0 Å². The molecule has 0 radical (unpaired) electrons. The van der Waals surface area contributed by atoms with E-state index in [1.165, 1.54) is 0 Å². The van der Waals surface area contributed by atoms with E-state index < -0.39 is 0 Å². The second-order valence-corrected chi connectivity index (χ2v) is 6.02. The summed E-state index contributed by atoms with van der Waals surface area (Å²) < 4.78 is 8.05. The van der Waals surface area contributed by atoms with Crippen LogP contribution in [0.1, 0.15) is 31.6 Å². The van der Waals surface area contributed by atoms with Crippen molar-refractivity contribution in [2.45, 2.75) is 38.3 Å². The first-order valence-corrected chi connectivity index (χ1v) is 7.96. The van der Waals surface area contributed by atoms with Gasteiger partial charge in [-0.05, 0) is 31.9 Å². The van der Waals surface area contributed by atoms with E-state index in [1.807, 2.05) is 18.2 Å². The molecule has 0 N–H and O–H groups in total. The smallest absolute Gasteiger partial charge is 0.111 e. The zero-order chi connectivity index (χ0) is 14.1. The van der Waals surface area contributed by atoms with E-state index in [0.29, 0.717) is 5.88 Å². The van der Waals surface area contributed by atoms with Gasteiger partial charge in [0.25, 0.3) is 0 Å². The van der Waals surface area contributed by atoms with Crippen LogP contribution in [0.15, 0.2) is 18.2 Å². The summed E-state index contributed by atoms with van der Waals surface area (Å²) in [5, 5.41) is 0.737. The van der Waals surface area contributed by atoms with Crippen molar-refractivity contribution in [3.63, 3.8) is 0 Å². The van der Waals surface area contributed by atoms with Crippen molar-refractivity contribution >= 4 is 34.2 Å². The number of fused-ring (bicyclic) bond motifs is 1. The molecule has 2 atom stereocenters. The van der Waals surface area contributed by atoms with Crippen molar-refractivity contribution in [2.75, 3.05) is 12.5 Å². The Balaban J connectivity index is 2.12. The number of hydrogen-bond donors (Lipinski definition) is 0. The molecule has 1 aliphatic rings. The van der Waals surface area contributed by atoms with Crippen LogP contribution < -0.4 is 0 Å². The van der Waals surface area contributed by atoms with Gasteiger partial charge in [0.05, 0.1) is 28.2 Å². The number of alkyl halides is 1. The SMILES string of the molecule is CC(C1CCCO1)n1c(CCCl)nc2cccc(Cl)c21. The van der Waals surface area contributed by atoms with Crippen molar-refractivity contribution in [3.8, 4) is 0 Å². The molecule has 0 bridgehead atoms. The lowest BCUT2D eigenvalue weighted by Gasteiger charge is -2.23. The molecule has 2 unspecified atom stereocenters. The summed E-state index contributed by atoms with van der Waals surface area (Å²) in [6, 6.07) is 6.07. The van der Waals surface area contributed by atoms with E-state index in [0.717, 1.165) is 47.7 Å². The first-order chi connectivity index (χ1) is 9.72. The van der Waals surface area contributed by atoms with Gasteiger partial charge in [-0.1, -0.05) is 17.7 Å². The molecule has 3 rings (SSSR count). The topological polar surface area (TPSA) is 27.1 Å². The van der Waals surface area contributed by atoms with Gasteiger partial charge in [-0.25, -0.2) is 4.98 Å². The highest BCUT2D eigenvalue weighted by atomic mass is 35.5. The average Bonchev–Trinajstić information content (AvgIpc) is 3.06. The van der Waals surface area contributed by atoms with E-state index in [4.69, 9.17) is 32.9 Å². The van der Waals surface area contributed by atoms with Crippen molar-refractivity contribution in [3.05, 3.63) is 29.0 Å². The maximum Gasteiger partial charge on any atom is 0.111 e. The van der Waals surface area contributed by atoms with Crippen LogP contribution in [0.5, 0.6) is 0 Å². The molecule has 1 aromatic carbocycles. The summed E-state index contributed by atoms with van der Waals surface area (Å²) in [5.41, 5.74) is 1.93. The largest absolute Gasteiger partial charge is 0.376 e. The number of aromatic nitrogens is 2. The number of benzene rings is 1. The predicted molar refractivity (Wildman–Crippen MR) is 82.9 cm³/mol. The molecule has 2 heterocycles. The molecule has 1 aromatic heterocycles. The predicted octanol–water partition coefficient (Wildman–Crippen LogP) is 4.21. The molecule has 0 amide bonds. The zero-order valence-electron chi connectivity index (χ0n) is 11.5. The van der Waals surface area contributed by atoms with Crippen LogP contribution in [0.4, 0.5) is 0 Å². The quantitative estimate of drug-likeness (QED) is 0.791. The minimum atomic E-state index is 0.223. The normalized spacial score (nSPS) is 20.6. The standard InChI is InChI=1S/C15H18Cl2N2O/c1-10(13-6-3-9-20-13)19-14(7-8-16)18-12-5-2-4-11(17)15(12)19/h2,4-5,10,13H,3,6-9H2,1H3. The fourth-order valence-electron chi connectivity index (χ4n) is 3.00. The number of rotatable bonds is 4. The highest BCUT2D eigenvalue weighted by molar-refractivity contribution is 6.35. The summed E-state index contributed by atoms with van der Waals surface area (Å²) >= 11 is 12.3. The van der Waals surface area contributed by atoms with E-state index in [1.54, 1.807) is 0 Å². The third-order valence-electron chi connectivity index (χ3n) is 3.96. The number of aryl methyl sites for hydroxylation is 1. The molecule has 0 saturated carbocycles. The molecule has 1 aliphatic heterocycles. The zero-order valence-corrected chi connectivity index (χ0v) is 13.0. The van der Waals surface area contributed by atoms with Crippen LogP contribution in [-0.2, 0) is 11.2 Å². The number of imidazole rings is 1. The van der Waals surface area contributed by atoms with Gasteiger partial charge in [-0.15, -0.1) is 11.6 Å². The van der Waals surface area contributed by atoms with Gasteiger partial charge < -0.3 is 9.30 Å². The van der Waals surface area contributed by atoms with Crippen molar-refractivity contribution in [1.29, 1.82) is 0 Å². The monoisotopic (exact) mass is 312 g/mol. The van der Waals surface area contributed by atoms with Gasteiger partial charge >= 0.3 is 0 Å². The number of para-hydroxylation sites is 1. The van der Waals surface area contributed by atoms with Crippen LogP contribution in [0.2, 0.25) is 5.02 Å². The first-order valence-electron chi connectivity index (χ1n) is 7.05. The summed E-state index contributed by atoms with van der Waals surface area (Å²) in [6.45, 7) is 3.03. The van der Waals surface area contributed by atoms with E-state index in [2.05, 4.69) is 11.5 Å². The Hall–Kier alpha value is -0.770. The molecule has 3 nitrogen and oxygen atoms in total. The van der Waals surface area contributed by atoms with Crippen LogP contribution in [0.3, 0.4) is 0 Å². The summed E-state index contributed by atoms with van der Waals surface area (Å²) in [7, 11) is 0. The first kappa shape index (κ1) is 14.2. The maximum absolute atomic E-state index is 6.39. The van der Waals surface area contributed by atoms with Crippen LogP contribution in [0, 0.1) is 0 Å². The van der Waals surface area contributed by atoms with Gasteiger partial charge in [0.15, 0.2) is 0 Å². The van der Waals surface area contributed by atoms with Crippen LogP contribution >= 0.6 is 23.2 Å². The molecular formula is C15H18Cl2N2O. The lowest BCUT2D eigenvalue weighted by Crippen LogP contribution is -2.22. The second kappa shape index (κ2) is 5.92. The third-order valence-corrected chi connectivity index (χ3v) is 4.46. The molecule has 1 saturated heterocycles. The summed E-state index contributed by atoms with van der Waals surface area (Å²) in [4.78, 5) is 4.69. The lowest BCUT2D eigenvalue weighted by molar-refractivity contribution is 0.0736. The highest BCUT2D eigenvalue weighted by Crippen LogP contribution is 2.32. The van der Waals surface area contributed by atoms with E-state index >= 15 is 0 Å². The Kier molecular flexibility index (Phi) is 4.20. The van der Waals surface area contributed by atoms with Crippen LogP contribution in [-0.4, -0.2) is 28.1 Å². The van der Waals surface area contributed by atoms with Gasteiger partial charge in [0.2, 0.25) is 0 Å². The van der Waals surface area contributed by atoms with Crippen LogP contribution in [0.25, 0.3) is 11.0 Å². The number of ether oxygens (including phenoxy) is 1. The molecule has 20 heavy (non-hydrogen) atoms. The molecule has 108 valence electrons.